The van der Waals surface area contributed by atoms with Crippen LogP contribution in [0.15, 0.2) is 4.79 Å². The second-order valence-corrected chi connectivity index (χ2v) is 6.16. The Bertz CT molecular complexity index is 704. The molecule has 2 aromatic heterocycles. The predicted octanol–water partition coefficient (Wildman–Crippen LogP) is -0.555. The topological polar surface area (TPSA) is 160 Å². The van der Waals surface area contributed by atoms with E-state index in [1.807, 2.05) is 0 Å². The molecule has 2 rings (SSSR count). The third-order valence-electron chi connectivity index (χ3n) is 2.71. The Balaban J connectivity index is 1.97. The molecule has 0 aliphatic carbocycles. The van der Waals surface area contributed by atoms with Crippen molar-refractivity contribution in [1.82, 2.24) is 25.0 Å². The minimum absolute atomic E-state index is 0.00690. The van der Waals surface area contributed by atoms with E-state index in [0.29, 0.717) is 31.5 Å². The Morgan fingerprint density at radius 3 is 2.75 bits per heavy atom. The fraction of sp³-hybridized carbons (Fsp3) is 0.556. The number of anilines is 1. The lowest BCUT2D eigenvalue weighted by Crippen LogP contribution is -2.12. The van der Waals surface area contributed by atoms with Crippen molar-refractivity contribution < 1.29 is 14.4 Å². The number of fused-ring (bicyclic) bond motifs is 1. The summed E-state index contributed by atoms with van der Waals surface area (Å²) < 4.78 is 12.1. The summed E-state index contributed by atoms with van der Waals surface area (Å²) >= 11 is 0. The Labute approximate surface area is 113 Å². The van der Waals surface area contributed by atoms with Gasteiger partial charge in [0.2, 0.25) is 5.95 Å². The quantitative estimate of drug-likeness (QED) is 0.408. The number of H-pyrrole nitrogens is 1. The summed E-state index contributed by atoms with van der Waals surface area (Å²) in [7, 11) is -3.93. The van der Waals surface area contributed by atoms with Gasteiger partial charge in [-0.1, -0.05) is 11.6 Å². The molecule has 0 aliphatic heterocycles. The molecule has 110 valence electrons. The van der Waals surface area contributed by atoms with Gasteiger partial charge in [-0.25, -0.2) is 4.68 Å². The van der Waals surface area contributed by atoms with Gasteiger partial charge in [-0.15, -0.1) is 5.10 Å². The number of rotatable bonds is 6. The van der Waals surface area contributed by atoms with Crippen LogP contribution in [0, 0.1) is 0 Å². The zero-order valence-corrected chi connectivity index (χ0v) is 11.5. The molecule has 0 amide bonds. The lowest BCUT2D eigenvalue weighted by Gasteiger charge is -2.04. The van der Waals surface area contributed by atoms with Crippen LogP contribution in [-0.4, -0.2) is 40.9 Å². The van der Waals surface area contributed by atoms with E-state index in [-0.39, 0.29) is 17.6 Å². The largest absolute Gasteiger partial charge is 0.369 e. The highest BCUT2D eigenvalue weighted by molar-refractivity contribution is 7.51. The summed E-state index contributed by atoms with van der Waals surface area (Å²) in [5.74, 6) is -0.00690. The van der Waals surface area contributed by atoms with Gasteiger partial charge in [0.15, 0.2) is 11.2 Å². The first-order valence-electron chi connectivity index (χ1n) is 6.00. The van der Waals surface area contributed by atoms with Crippen molar-refractivity contribution in [2.45, 2.75) is 25.8 Å². The maximum atomic E-state index is 11.5. The first-order chi connectivity index (χ1) is 9.37. The highest BCUT2D eigenvalue weighted by Gasteiger charge is 2.12. The molecule has 2 heterocycles. The van der Waals surface area contributed by atoms with E-state index >= 15 is 0 Å². The van der Waals surface area contributed by atoms with Crippen molar-refractivity contribution in [2.75, 3.05) is 11.9 Å². The van der Waals surface area contributed by atoms with E-state index in [0.717, 1.165) is 0 Å². The smallest absolute Gasteiger partial charge is 0.325 e. The summed E-state index contributed by atoms with van der Waals surface area (Å²) in [6.07, 6.45) is 1.57. The van der Waals surface area contributed by atoms with E-state index in [1.54, 1.807) is 0 Å². The van der Waals surface area contributed by atoms with Gasteiger partial charge in [0, 0.05) is 12.7 Å². The second-order valence-electron chi connectivity index (χ2n) is 4.38. The van der Waals surface area contributed by atoms with Gasteiger partial charge in [0.25, 0.3) is 5.56 Å². The minimum Gasteiger partial charge on any atom is -0.369 e. The molecule has 5 N–H and O–H groups in total. The molecule has 0 aliphatic rings. The number of aromatic nitrogens is 5. The van der Waals surface area contributed by atoms with Crippen LogP contribution >= 0.6 is 7.60 Å². The molecule has 0 bridgehead atoms. The fourth-order valence-corrected chi connectivity index (χ4v) is 2.43. The molecule has 0 fully saturated rings. The number of nitrogens with one attached hydrogen (secondary N) is 1. The van der Waals surface area contributed by atoms with Gasteiger partial charge in [0.05, 0.1) is 0 Å². The van der Waals surface area contributed by atoms with Crippen LogP contribution in [0.25, 0.3) is 11.2 Å². The van der Waals surface area contributed by atoms with Crippen LogP contribution in [0.1, 0.15) is 19.3 Å². The standard InChI is InChI=1S/C9H15N6O4P/c10-9-11-7-6(8(16)12-9)13-14-15(7)4-2-1-3-5-20(17,18)19/h1-5H2,(H2,17,18,19)(H3,10,11,12,16). The van der Waals surface area contributed by atoms with Gasteiger partial charge in [-0.3, -0.25) is 14.3 Å². The van der Waals surface area contributed by atoms with Crippen LogP contribution in [0.5, 0.6) is 0 Å². The van der Waals surface area contributed by atoms with Gasteiger partial charge >= 0.3 is 7.60 Å². The molecule has 0 radical (unpaired) electrons. The van der Waals surface area contributed by atoms with Gasteiger partial charge < -0.3 is 15.5 Å². The third kappa shape index (κ3) is 3.62. The van der Waals surface area contributed by atoms with Crippen LogP contribution < -0.4 is 11.3 Å². The summed E-state index contributed by atoms with van der Waals surface area (Å²) in [4.78, 5) is 35.3. The molecule has 0 saturated carbocycles. The molecular formula is C9H15N6O4P. The van der Waals surface area contributed by atoms with Gasteiger partial charge in [-0.05, 0) is 12.8 Å². The monoisotopic (exact) mass is 302 g/mol. The Morgan fingerprint density at radius 1 is 1.30 bits per heavy atom. The lowest BCUT2D eigenvalue weighted by molar-refractivity contribution is 0.370. The third-order valence-corrected chi connectivity index (χ3v) is 3.61. The van der Waals surface area contributed by atoms with Crippen molar-refractivity contribution in [3.05, 3.63) is 10.4 Å². The number of hydrogen-bond donors (Lipinski definition) is 4. The average molecular weight is 302 g/mol. The average Bonchev–Trinajstić information content (AvgIpc) is 2.70. The predicted molar refractivity (Wildman–Crippen MR) is 71.1 cm³/mol. The zero-order chi connectivity index (χ0) is 14.8. The normalized spacial score (nSPS) is 12.1. The molecule has 2 aromatic rings. The molecule has 0 spiro atoms. The van der Waals surface area contributed by atoms with E-state index in [9.17, 15) is 9.36 Å². The molecular weight excluding hydrogens is 287 g/mol. The van der Waals surface area contributed by atoms with E-state index < -0.39 is 13.2 Å². The molecule has 0 unspecified atom stereocenters. The SMILES string of the molecule is Nc1nc2c(nnn2CCCCCP(=O)(O)O)c(=O)[nH]1. The van der Waals surface area contributed by atoms with Crippen LogP contribution in [0.4, 0.5) is 5.95 Å². The van der Waals surface area contributed by atoms with Crippen molar-refractivity contribution in [3.63, 3.8) is 0 Å². The minimum atomic E-state index is -3.93. The second kappa shape index (κ2) is 5.70. The molecule has 11 heteroatoms. The summed E-state index contributed by atoms with van der Waals surface area (Å²) in [6, 6.07) is 0. The summed E-state index contributed by atoms with van der Waals surface area (Å²) in [6.45, 7) is 0.452. The number of hydrogen-bond acceptors (Lipinski definition) is 6. The number of aryl methyl sites for hydroxylation is 1. The van der Waals surface area contributed by atoms with Crippen LogP contribution in [0.3, 0.4) is 0 Å². The maximum Gasteiger partial charge on any atom is 0.325 e. The summed E-state index contributed by atoms with van der Waals surface area (Å²) in [5.41, 5.74) is 5.44. The number of aromatic amines is 1. The maximum absolute atomic E-state index is 11.5. The van der Waals surface area contributed by atoms with Gasteiger partial charge in [0.1, 0.15) is 0 Å². The lowest BCUT2D eigenvalue weighted by atomic mass is 10.2. The van der Waals surface area contributed by atoms with Crippen molar-refractivity contribution in [3.8, 4) is 0 Å². The number of unbranched alkanes of at least 4 members (excludes halogenated alkanes) is 2. The Morgan fingerprint density at radius 2 is 2.05 bits per heavy atom. The van der Waals surface area contributed by atoms with E-state index in [1.165, 1.54) is 4.68 Å². The Kier molecular flexibility index (Phi) is 4.17. The highest BCUT2D eigenvalue weighted by atomic mass is 31.2. The number of nitrogens with two attached hydrogens (primary N) is 1. The number of nitrogen functional groups attached to an aromatic ring is 1. The highest BCUT2D eigenvalue weighted by Crippen LogP contribution is 2.35. The molecule has 0 atom stereocenters. The first-order valence-corrected chi connectivity index (χ1v) is 7.80. The van der Waals surface area contributed by atoms with Gasteiger partial charge in [-0.2, -0.15) is 4.98 Å². The van der Waals surface area contributed by atoms with E-state index in [2.05, 4.69) is 20.3 Å². The zero-order valence-electron chi connectivity index (χ0n) is 10.6. The molecule has 0 saturated heterocycles. The Hall–Kier alpha value is -1.77. The van der Waals surface area contributed by atoms with Crippen molar-refractivity contribution >= 4 is 24.7 Å². The molecule has 10 nitrogen and oxygen atoms in total. The van der Waals surface area contributed by atoms with Crippen molar-refractivity contribution in [1.29, 1.82) is 0 Å². The number of nitrogens with zero attached hydrogens (tertiary/aromatic N) is 4. The molecule has 20 heavy (non-hydrogen) atoms. The summed E-state index contributed by atoms with van der Waals surface area (Å²) in [5, 5.41) is 7.54. The van der Waals surface area contributed by atoms with Crippen molar-refractivity contribution in [2.24, 2.45) is 0 Å². The van der Waals surface area contributed by atoms with Crippen LogP contribution in [-0.2, 0) is 11.1 Å². The van der Waals surface area contributed by atoms with E-state index in [4.69, 9.17) is 15.5 Å². The molecule has 0 aromatic carbocycles. The fourth-order valence-electron chi connectivity index (χ4n) is 1.79. The first kappa shape index (κ1) is 14.6. The van der Waals surface area contributed by atoms with Crippen LogP contribution in [0.2, 0.25) is 0 Å².